The molecule has 0 amide bonds. The summed E-state index contributed by atoms with van der Waals surface area (Å²) in [5, 5.41) is 18.7. The number of carboxylic acid groups (broad SMARTS) is 1. The van der Waals surface area contributed by atoms with Crippen molar-refractivity contribution in [3.8, 4) is 0 Å². The van der Waals surface area contributed by atoms with E-state index in [1.54, 1.807) is 0 Å². The molecule has 2 rings (SSSR count). The Bertz CT molecular complexity index is 414. The third-order valence-electron chi connectivity index (χ3n) is 3.71. The molecular weight excluding hydrogens is 216 g/mol. The van der Waals surface area contributed by atoms with Gasteiger partial charge in [0.2, 0.25) is 0 Å². The Morgan fingerprint density at radius 1 is 1.29 bits per heavy atom. The van der Waals surface area contributed by atoms with Gasteiger partial charge in [-0.3, -0.25) is 4.79 Å². The van der Waals surface area contributed by atoms with Crippen LogP contribution >= 0.6 is 0 Å². The molecule has 0 aromatic heterocycles. The average Bonchev–Trinajstić information content (AvgIpc) is 2.24. The van der Waals surface area contributed by atoms with Gasteiger partial charge in [0, 0.05) is 0 Å². The van der Waals surface area contributed by atoms with Gasteiger partial charge in [-0.15, -0.1) is 0 Å². The van der Waals surface area contributed by atoms with Crippen molar-refractivity contribution in [1.29, 1.82) is 0 Å². The molecule has 2 N–H and O–H groups in total. The number of benzene rings is 1. The molecule has 0 saturated heterocycles. The van der Waals surface area contributed by atoms with Crippen molar-refractivity contribution >= 4 is 5.97 Å². The fourth-order valence-corrected chi connectivity index (χ4v) is 2.47. The second-order valence-electron chi connectivity index (χ2n) is 5.23. The van der Waals surface area contributed by atoms with Crippen LogP contribution in [0.2, 0.25) is 0 Å². The van der Waals surface area contributed by atoms with Gasteiger partial charge in [-0.25, -0.2) is 0 Å². The highest BCUT2D eigenvalue weighted by Crippen LogP contribution is 2.44. The summed E-state index contributed by atoms with van der Waals surface area (Å²) in [4.78, 5) is 11.4. The van der Waals surface area contributed by atoms with Crippen LogP contribution < -0.4 is 0 Å². The fourth-order valence-electron chi connectivity index (χ4n) is 2.47. The molecule has 0 aliphatic heterocycles. The smallest absolute Gasteiger partial charge is 0.314 e. The Labute approximate surface area is 101 Å². The van der Waals surface area contributed by atoms with Crippen LogP contribution in [0.15, 0.2) is 24.3 Å². The number of carbonyl (C=O) groups is 1. The van der Waals surface area contributed by atoms with Gasteiger partial charge in [-0.05, 0) is 29.9 Å². The highest BCUT2D eigenvalue weighted by atomic mass is 16.4. The average molecular weight is 234 g/mol. The van der Waals surface area contributed by atoms with Gasteiger partial charge in [0.1, 0.15) is 0 Å². The lowest BCUT2D eigenvalue weighted by Gasteiger charge is -2.42. The summed E-state index contributed by atoms with van der Waals surface area (Å²) in [6, 6.07) is 7.73. The van der Waals surface area contributed by atoms with Crippen LogP contribution in [0.4, 0.5) is 0 Å². The Morgan fingerprint density at radius 3 is 2.18 bits per heavy atom. The molecule has 1 aromatic rings. The van der Waals surface area contributed by atoms with Crippen LogP contribution in [0, 0.1) is 0 Å². The lowest BCUT2D eigenvalue weighted by molar-refractivity contribution is -0.152. The molecule has 1 saturated carbocycles. The second kappa shape index (κ2) is 4.15. The molecule has 0 radical (unpaired) electrons. The van der Waals surface area contributed by atoms with Crippen molar-refractivity contribution < 1.29 is 15.0 Å². The normalized spacial score (nSPS) is 27.9. The number of aliphatic hydroxyl groups excluding tert-OH is 1. The van der Waals surface area contributed by atoms with Crippen LogP contribution in [0.5, 0.6) is 0 Å². The van der Waals surface area contributed by atoms with Crippen LogP contribution in [0.3, 0.4) is 0 Å². The van der Waals surface area contributed by atoms with Crippen molar-refractivity contribution in [1.82, 2.24) is 0 Å². The summed E-state index contributed by atoms with van der Waals surface area (Å²) < 4.78 is 0. The SMILES string of the molecule is CC(C)c1ccc(C2(C(=O)O)CC(O)C2)cc1. The highest BCUT2D eigenvalue weighted by molar-refractivity contribution is 5.83. The summed E-state index contributed by atoms with van der Waals surface area (Å²) in [6.45, 7) is 4.21. The third kappa shape index (κ3) is 1.95. The zero-order valence-corrected chi connectivity index (χ0v) is 10.2. The zero-order chi connectivity index (χ0) is 12.6. The first-order valence-electron chi connectivity index (χ1n) is 5.97. The van der Waals surface area contributed by atoms with Crippen molar-refractivity contribution in [2.45, 2.75) is 44.1 Å². The molecule has 1 aliphatic rings. The molecule has 3 heteroatoms. The molecular formula is C14H18O3. The summed E-state index contributed by atoms with van der Waals surface area (Å²) in [6.07, 6.45) is 0.170. The van der Waals surface area contributed by atoms with Gasteiger partial charge in [-0.2, -0.15) is 0 Å². The topological polar surface area (TPSA) is 57.5 Å². The van der Waals surface area contributed by atoms with E-state index in [0.717, 1.165) is 5.56 Å². The van der Waals surface area contributed by atoms with Crippen LogP contribution in [-0.2, 0) is 10.2 Å². The van der Waals surface area contributed by atoms with Gasteiger partial charge >= 0.3 is 5.97 Å². The Kier molecular flexibility index (Phi) is 2.96. The highest BCUT2D eigenvalue weighted by Gasteiger charge is 2.51. The lowest BCUT2D eigenvalue weighted by Crippen LogP contribution is -2.50. The number of rotatable bonds is 3. The van der Waals surface area contributed by atoms with Crippen LogP contribution in [0.25, 0.3) is 0 Å². The van der Waals surface area contributed by atoms with Crippen molar-refractivity contribution in [3.05, 3.63) is 35.4 Å². The van der Waals surface area contributed by atoms with E-state index in [1.165, 1.54) is 5.56 Å². The first-order valence-corrected chi connectivity index (χ1v) is 5.97. The molecule has 1 aromatic carbocycles. The largest absolute Gasteiger partial charge is 0.481 e. The van der Waals surface area contributed by atoms with Gasteiger partial charge in [0.15, 0.2) is 0 Å². The Morgan fingerprint density at radius 2 is 1.82 bits per heavy atom. The van der Waals surface area contributed by atoms with Crippen LogP contribution in [0.1, 0.15) is 43.7 Å². The molecule has 0 unspecified atom stereocenters. The second-order valence-corrected chi connectivity index (χ2v) is 5.23. The first kappa shape index (κ1) is 12.1. The number of aliphatic hydroxyl groups is 1. The molecule has 1 fully saturated rings. The minimum Gasteiger partial charge on any atom is -0.481 e. The standard InChI is InChI=1S/C14H18O3/c1-9(2)10-3-5-11(6-4-10)14(13(16)17)7-12(15)8-14/h3-6,9,12,15H,7-8H2,1-2H3,(H,16,17). The van der Waals surface area contributed by atoms with Crippen molar-refractivity contribution in [2.75, 3.05) is 0 Å². The van der Waals surface area contributed by atoms with E-state index in [2.05, 4.69) is 13.8 Å². The molecule has 3 nitrogen and oxygen atoms in total. The van der Waals surface area contributed by atoms with E-state index >= 15 is 0 Å². The first-order chi connectivity index (χ1) is 7.95. The maximum atomic E-state index is 11.4. The van der Waals surface area contributed by atoms with E-state index in [1.807, 2.05) is 24.3 Å². The minimum atomic E-state index is -0.866. The van der Waals surface area contributed by atoms with Gasteiger partial charge < -0.3 is 10.2 Å². The van der Waals surface area contributed by atoms with E-state index in [4.69, 9.17) is 0 Å². The summed E-state index contributed by atoms with van der Waals surface area (Å²) >= 11 is 0. The molecule has 0 spiro atoms. The predicted octanol–water partition coefficient (Wildman–Crippen LogP) is 2.29. The summed E-state index contributed by atoms with van der Waals surface area (Å²) in [5.74, 6) is -0.392. The van der Waals surface area contributed by atoms with E-state index < -0.39 is 17.5 Å². The summed E-state index contributed by atoms with van der Waals surface area (Å²) in [7, 11) is 0. The van der Waals surface area contributed by atoms with Gasteiger partial charge in [0.25, 0.3) is 0 Å². The predicted molar refractivity (Wildman–Crippen MR) is 65.1 cm³/mol. The lowest BCUT2D eigenvalue weighted by atomic mass is 9.62. The molecule has 17 heavy (non-hydrogen) atoms. The van der Waals surface area contributed by atoms with E-state index in [0.29, 0.717) is 18.8 Å². The monoisotopic (exact) mass is 234 g/mol. The fraction of sp³-hybridized carbons (Fsp3) is 0.500. The Hall–Kier alpha value is -1.35. The van der Waals surface area contributed by atoms with Crippen molar-refractivity contribution in [3.63, 3.8) is 0 Å². The number of carboxylic acids is 1. The number of hydrogen-bond donors (Lipinski definition) is 2. The molecule has 1 aliphatic carbocycles. The van der Waals surface area contributed by atoms with Gasteiger partial charge in [-0.1, -0.05) is 38.1 Å². The maximum Gasteiger partial charge on any atom is 0.314 e. The van der Waals surface area contributed by atoms with Crippen LogP contribution in [-0.4, -0.2) is 22.3 Å². The van der Waals surface area contributed by atoms with Crippen molar-refractivity contribution in [2.24, 2.45) is 0 Å². The molecule has 92 valence electrons. The number of hydrogen-bond acceptors (Lipinski definition) is 2. The van der Waals surface area contributed by atoms with E-state index in [9.17, 15) is 15.0 Å². The maximum absolute atomic E-state index is 11.4. The quantitative estimate of drug-likeness (QED) is 0.843. The third-order valence-corrected chi connectivity index (χ3v) is 3.71. The molecule has 0 bridgehead atoms. The molecule has 0 atom stereocenters. The van der Waals surface area contributed by atoms with Gasteiger partial charge in [0.05, 0.1) is 11.5 Å². The number of aliphatic carboxylic acids is 1. The van der Waals surface area contributed by atoms with E-state index in [-0.39, 0.29) is 0 Å². The Balaban J connectivity index is 2.29. The summed E-state index contributed by atoms with van der Waals surface area (Å²) in [5.41, 5.74) is 1.14. The minimum absolute atomic E-state index is 0.323. The molecule has 0 heterocycles. The zero-order valence-electron chi connectivity index (χ0n) is 10.2.